The van der Waals surface area contributed by atoms with Gasteiger partial charge in [-0.05, 0) is 79.6 Å². The van der Waals surface area contributed by atoms with Crippen molar-refractivity contribution in [2.24, 2.45) is 11.8 Å². The Kier molecular flexibility index (Phi) is 5.98. The Hall–Kier alpha value is -1.91. The van der Waals surface area contributed by atoms with Crippen LogP contribution in [0.15, 0.2) is 65.7 Å². The Labute approximate surface area is 175 Å². The second kappa shape index (κ2) is 8.62. The Morgan fingerprint density at radius 2 is 1.71 bits per heavy atom. The van der Waals surface area contributed by atoms with Crippen molar-refractivity contribution in [1.29, 1.82) is 0 Å². The van der Waals surface area contributed by atoms with Crippen LogP contribution in [-0.2, 0) is 0 Å². The van der Waals surface area contributed by atoms with Crippen LogP contribution < -0.4 is 4.74 Å². The van der Waals surface area contributed by atoms with Crippen molar-refractivity contribution in [3.05, 3.63) is 76.8 Å². The van der Waals surface area contributed by atoms with Gasteiger partial charge in [0.25, 0.3) is 0 Å². The van der Waals surface area contributed by atoms with Gasteiger partial charge in [-0.2, -0.15) is 0 Å². The normalized spacial score (nSPS) is 20.8. The molecule has 0 aliphatic heterocycles. The highest BCUT2D eigenvalue weighted by molar-refractivity contribution is 9.10. The molecule has 2 atom stereocenters. The van der Waals surface area contributed by atoms with E-state index in [1.54, 1.807) is 0 Å². The van der Waals surface area contributed by atoms with Crippen LogP contribution in [0.3, 0.4) is 0 Å². The lowest BCUT2D eigenvalue weighted by molar-refractivity contribution is 0.103. The molecule has 2 saturated carbocycles. The van der Waals surface area contributed by atoms with Crippen molar-refractivity contribution in [1.82, 2.24) is 4.90 Å². The summed E-state index contributed by atoms with van der Waals surface area (Å²) in [5.41, 5.74) is 1.38. The number of halogens is 1. The van der Waals surface area contributed by atoms with Crippen LogP contribution in [0.25, 0.3) is 0 Å². The lowest BCUT2D eigenvalue weighted by Crippen LogP contribution is -2.29. The van der Waals surface area contributed by atoms with Crippen LogP contribution >= 0.6 is 15.9 Å². The van der Waals surface area contributed by atoms with Gasteiger partial charge in [-0.1, -0.05) is 22.0 Å². The zero-order chi connectivity index (χ0) is 19.5. The fraction of sp³-hybridized carbons (Fsp3) is 0.375. The smallest absolute Gasteiger partial charge is 0.193 e. The molecule has 0 N–H and O–H groups in total. The summed E-state index contributed by atoms with van der Waals surface area (Å²) < 4.78 is 6.95. The summed E-state index contributed by atoms with van der Waals surface area (Å²) in [6.07, 6.45) is 5.95. The maximum absolute atomic E-state index is 12.5. The van der Waals surface area contributed by atoms with E-state index in [0.29, 0.717) is 17.0 Å². The van der Waals surface area contributed by atoms with Gasteiger partial charge in [0.1, 0.15) is 5.75 Å². The van der Waals surface area contributed by atoms with Crippen LogP contribution in [0.5, 0.6) is 5.75 Å². The molecule has 0 bridgehead atoms. The lowest BCUT2D eigenvalue weighted by atomic mass is 10.0. The highest BCUT2D eigenvalue weighted by Gasteiger charge is 2.41. The SMILES string of the molecule is C=CCN(CC1CC1COc1ccc(C(=O)c2ccc(Br)cc2)cc1)C1CC1. The third kappa shape index (κ3) is 4.92. The summed E-state index contributed by atoms with van der Waals surface area (Å²) in [5, 5.41) is 0. The quantitative estimate of drug-likeness (QED) is 0.369. The number of nitrogens with zero attached hydrogens (tertiary/aromatic N) is 1. The van der Waals surface area contributed by atoms with E-state index in [9.17, 15) is 4.79 Å². The van der Waals surface area contributed by atoms with Gasteiger partial charge in [0.2, 0.25) is 0 Å². The summed E-state index contributed by atoms with van der Waals surface area (Å²) in [5.74, 6) is 2.26. The van der Waals surface area contributed by atoms with Crippen molar-refractivity contribution in [2.75, 3.05) is 19.7 Å². The van der Waals surface area contributed by atoms with Crippen LogP contribution in [0.4, 0.5) is 0 Å². The van der Waals surface area contributed by atoms with Crippen molar-refractivity contribution in [3.8, 4) is 5.75 Å². The van der Waals surface area contributed by atoms with Crippen LogP contribution in [0.1, 0.15) is 35.2 Å². The molecule has 146 valence electrons. The highest BCUT2D eigenvalue weighted by atomic mass is 79.9. The van der Waals surface area contributed by atoms with E-state index in [0.717, 1.165) is 35.3 Å². The van der Waals surface area contributed by atoms with E-state index in [2.05, 4.69) is 27.4 Å². The molecule has 28 heavy (non-hydrogen) atoms. The number of ketones is 1. The van der Waals surface area contributed by atoms with E-state index in [4.69, 9.17) is 4.74 Å². The third-order valence-corrected chi connectivity index (χ3v) is 6.18. The first-order chi connectivity index (χ1) is 13.6. The van der Waals surface area contributed by atoms with Crippen molar-refractivity contribution in [2.45, 2.75) is 25.3 Å². The molecule has 0 heterocycles. The van der Waals surface area contributed by atoms with Gasteiger partial charge < -0.3 is 4.74 Å². The number of carbonyl (C=O) groups is 1. The standard InChI is InChI=1S/C24H26BrNO2/c1-2-13-26(22-9-10-22)15-19-14-20(19)16-28-23-11-5-18(6-12-23)24(27)17-3-7-21(25)8-4-17/h2-8,11-12,19-20,22H,1,9-10,13-16H2. The predicted molar refractivity (Wildman–Crippen MR) is 116 cm³/mol. The second-order valence-electron chi connectivity index (χ2n) is 7.90. The number of rotatable bonds is 10. The molecule has 0 radical (unpaired) electrons. The van der Waals surface area contributed by atoms with Crippen molar-refractivity contribution >= 4 is 21.7 Å². The van der Waals surface area contributed by atoms with E-state index in [-0.39, 0.29) is 5.78 Å². The molecule has 4 rings (SSSR count). The molecule has 0 aromatic heterocycles. The largest absolute Gasteiger partial charge is 0.493 e. The molecule has 2 aliphatic rings. The minimum Gasteiger partial charge on any atom is -0.493 e. The van der Waals surface area contributed by atoms with Gasteiger partial charge in [0, 0.05) is 34.7 Å². The number of hydrogen-bond acceptors (Lipinski definition) is 3. The Bertz CT molecular complexity index is 827. The second-order valence-corrected chi connectivity index (χ2v) is 8.82. The predicted octanol–water partition coefficient (Wildman–Crippen LogP) is 5.35. The van der Waals surface area contributed by atoms with Gasteiger partial charge in [0.05, 0.1) is 6.61 Å². The Morgan fingerprint density at radius 3 is 2.32 bits per heavy atom. The van der Waals surface area contributed by atoms with E-state index in [1.165, 1.54) is 25.8 Å². The van der Waals surface area contributed by atoms with Crippen LogP contribution in [0, 0.1) is 11.8 Å². The third-order valence-electron chi connectivity index (χ3n) is 5.65. The monoisotopic (exact) mass is 439 g/mol. The number of benzene rings is 2. The molecule has 0 amide bonds. The zero-order valence-corrected chi connectivity index (χ0v) is 17.6. The summed E-state index contributed by atoms with van der Waals surface area (Å²) in [4.78, 5) is 15.1. The molecular formula is C24H26BrNO2. The molecule has 2 unspecified atom stereocenters. The van der Waals surface area contributed by atoms with Gasteiger partial charge >= 0.3 is 0 Å². The summed E-state index contributed by atoms with van der Waals surface area (Å²) >= 11 is 3.39. The molecule has 2 aliphatic carbocycles. The topological polar surface area (TPSA) is 29.5 Å². The number of hydrogen-bond donors (Lipinski definition) is 0. The first kappa shape index (κ1) is 19.4. The van der Waals surface area contributed by atoms with E-state index < -0.39 is 0 Å². The van der Waals surface area contributed by atoms with Crippen molar-refractivity contribution < 1.29 is 9.53 Å². The fourth-order valence-electron chi connectivity index (χ4n) is 3.69. The Morgan fingerprint density at radius 1 is 1.07 bits per heavy atom. The van der Waals surface area contributed by atoms with Gasteiger partial charge in [-0.15, -0.1) is 6.58 Å². The Balaban J connectivity index is 1.25. The maximum atomic E-state index is 12.5. The minimum absolute atomic E-state index is 0.0312. The number of carbonyl (C=O) groups excluding carboxylic acids is 1. The molecule has 0 spiro atoms. The van der Waals surface area contributed by atoms with Gasteiger partial charge in [-0.25, -0.2) is 0 Å². The summed E-state index contributed by atoms with van der Waals surface area (Å²) in [6.45, 7) is 6.82. The first-order valence-electron chi connectivity index (χ1n) is 10.0. The summed E-state index contributed by atoms with van der Waals surface area (Å²) in [7, 11) is 0. The molecule has 3 nitrogen and oxygen atoms in total. The summed E-state index contributed by atoms with van der Waals surface area (Å²) in [6, 6.07) is 15.7. The lowest BCUT2D eigenvalue weighted by Gasteiger charge is -2.20. The zero-order valence-electron chi connectivity index (χ0n) is 16.0. The van der Waals surface area contributed by atoms with Gasteiger partial charge in [0.15, 0.2) is 5.78 Å². The molecule has 2 aromatic rings. The molecule has 4 heteroatoms. The van der Waals surface area contributed by atoms with E-state index in [1.807, 2.05) is 54.6 Å². The molecular weight excluding hydrogens is 414 g/mol. The molecule has 2 aromatic carbocycles. The molecule has 0 saturated heterocycles. The van der Waals surface area contributed by atoms with E-state index >= 15 is 0 Å². The maximum Gasteiger partial charge on any atom is 0.193 e. The first-order valence-corrected chi connectivity index (χ1v) is 10.8. The molecule has 2 fully saturated rings. The highest BCUT2D eigenvalue weighted by Crippen LogP contribution is 2.41. The average molecular weight is 440 g/mol. The van der Waals surface area contributed by atoms with Crippen LogP contribution in [0.2, 0.25) is 0 Å². The van der Waals surface area contributed by atoms with Crippen molar-refractivity contribution in [3.63, 3.8) is 0 Å². The fourth-order valence-corrected chi connectivity index (χ4v) is 3.96. The number of ether oxygens (including phenoxy) is 1. The minimum atomic E-state index is 0.0312. The van der Waals surface area contributed by atoms with Crippen LogP contribution in [-0.4, -0.2) is 36.4 Å². The van der Waals surface area contributed by atoms with Gasteiger partial charge in [-0.3, -0.25) is 9.69 Å². The average Bonchev–Trinajstić information content (AvgIpc) is 3.62.